The van der Waals surface area contributed by atoms with Crippen LogP contribution in [-0.2, 0) is 6.54 Å². The van der Waals surface area contributed by atoms with Crippen molar-refractivity contribution >= 4 is 17.5 Å². The Labute approximate surface area is 127 Å². The van der Waals surface area contributed by atoms with Gasteiger partial charge in [0, 0.05) is 19.2 Å². The Morgan fingerprint density at radius 2 is 1.95 bits per heavy atom. The maximum absolute atomic E-state index is 13.7. The number of anilines is 1. The molecule has 1 aromatic heterocycles. The third kappa shape index (κ3) is 4.26. The number of hydrogen-bond acceptors (Lipinski definition) is 5. The minimum absolute atomic E-state index is 0.0380. The van der Waals surface area contributed by atoms with E-state index < -0.39 is 0 Å². The number of halogens is 2. The zero-order chi connectivity index (χ0) is 15.4. The first kappa shape index (κ1) is 15.4. The molecule has 0 saturated heterocycles. The Bertz CT molecular complexity index is 624. The zero-order valence-corrected chi connectivity index (χ0v) is 12.8. The van der Waals surface area contributed by atoms with E-state index in [-0.39, 0.29) is 23.2 Å². The third-order valence-electron chi connectivity index (χ3n) is 2.62. The Morgan fingerprint density at radius 1 is 1.24 bits per heavy atom. The van der Waals surface area contributed by atoms with E-state index in [1.54, 1.807) is 30.1 Å². The molecule has 2 aromatic rings. The van der Waals surface area contributed by atoms with Crippen LogP contribution < -0.4 is 9.64 Å². The maximum Gasteiger partial charge on any atom is 0.322 e. The molecule has 0 saturated carbocycles. The van der Waals surface area contributed by atoms with Gasteiger partial charge in [-0.25, -0.2) is 4.39 Å². The normalized spacial score (nSPS) is 10.8. The molecule has 0 spiro atoms. The summed E-state index contributed by atoms with van der Waals surface area (Å²) in [7, 11) is 1.75. The van der Waals surface area contributed by atoms with Gasteiger partial charge in [-0.15, -0.1) is 0 Å². The highest BCUT2D eigenvalue weighted by Crippen LogP contribution is 2.18. The third-order valence-corrected chi connectivity index (χ3v) is 2.79. The lowest BCUT2D eigenvalue weighted by atomic mass is 10.2. The summed E-state index contributed by atoms with van der Waals surface area (Å²) in [5, 5.41) is 0.0380. The molecular formula is C14H16ClFN4O. The maximum atomic E-state index is 13.7. The monoisotopic (exact) mass is 310 g/mol. The van der Waals surface area contributed by atoms with Gasteiger partial charge < -0.3 is 9.64 Å². The predicted octanol–water partition coefficient (Wildman–Crippen LogP) is 3.09. The molecule has 0 aliphatic rings. The summed E-state index contributed by atoms with van der Waals surface area (Å²) in [5.74, 6) is 0.0528. The van der Waals surface area contributed by atoms with Gasteiger partial charge >= 0.3 is 6.01 Å². The van der Waals surface area contributed by atoms with Crippen molar-refractivity contribution in [3.05, 3.63) is 40.9 Å². The van der Waals surface area contributed by atoms with E-state index >= 15 is 0 Å². The number of rotatable bonds is 5. The number of nitrogens with zero attached hydrogens (tertiary/aromatic N) is 4. The van der Waals surface area contributed by atoms with E-state index in [4.69, 9.17) is 16.3 Å². The molecule has 0 aliphatic carbocycles. The van der Waals surface area contributed by atoms with Gasteiger partial charge in [-0.3, -0.25) is 0 Å². The average molecular weight is 311 g/mol. The molecule has 5 nitrogen and oxygen atoms in total. The Morgan fingerprint density at radius 3 is 2.62 bits per heavy atom. The van der Waals surface area contributed by atoms with Crippen LogP contribution in [0, 0.1) is 5.82 Å². The van der Waals surface area contributed by atoms with E-state index in [0.29, 0.717) is 18.1 Å². The van der Waals surface area contributed by atoms with Gasteiger partial charge in [0.2, 0.25) is 11.2 Å². The van der Waals surface area contributed by atoms with Crippen LogP contribution in [0.3, 0.4) is 0 Å². The molecule has 0 radical (unpaired) electrons. The highest BCUT2D eigenvalue weighted by molar-refractivity contribution is 6.28. The molecule has 2 rings (SSSR count). The molecule has 0 aliphatic heterocycles. The molecule has 112 valence electrons. The minimum atomic E-state index is -0.275. The second-order valence-corrected chi connectivity index (χ2v) is 5.14. The lowest BCUT2D eigenvalue weighted by Crippen LogP contribution is -2.21. The van der Waals surface area contributed by atoms with Crippen molar-refractivity contribution < 1.29 is 9.13 Å². The van der Waals surface area contributed by atoms with Crippen LogP contribution >= 0.6 is 11.6 Å². The van der Waals surface area contributed by atoms with Crippen LogP contribution in [0.4, 0.5) is 10.3 Å². The summed E-state index contributed by atoms with van der Waals surface area (Å²) >= 11 is 5.87. The van der Waals surface area contributed by atoms with Gasteiger partial charge in [0.1, 0.15) is 5.82 Å². The topological polar surface area (TPSA) is 51.1 Å². The van der Waals surface area contributed by atoms with Gasteiger partial charge in [0.05, 0.1) is 6.10 Å². The molecule has 7 heteroatoms. The molecule has 0 atom stereocenters. The molecule has 0 bridgehead atoms. The number of aromatic nitrogens is 3. The standard InChI is InChI=1S/C14H16ClFN4O/c1-9(2)21-14-18-12(15)17-13(19-14)20(3)8-10-6-4-5-7-11(10)16/h4-7,9H,8H2,1-3H3. The second kappa shape index (κ2) is 6.67. The van der Waals surface area contributed by atoms with Crippen molar-refractivity contribution in [2.45, 2.75) is 26.5 Å². The fourth-order valence-electron chi connectivity index (χ4n) is 1.71. The van der Waals surface area contributed by atoms with Crippen molar-refractivity contribution in [3.63, 3.8) is 0 Å². The molecule has 1 aromatic carbocycles. The highest BCUT2D eigenvalue weighted by atomic mass is 35.5. The van der Waals surface area contributed by atoms with E-state index in [1.807, 2.05) is 13.8 Å². The van der Waals surface area contributed by atoms with Gasteiger partial charge in [-0.1, -0.05) is 18.2 Å². The van der Waals surface area contributed by atoms with Crippen LogP contribution in [0.15, 0.2) is 24.3 Å². The molecule has 0 N–H and O–H groups in total. The van der Waals surface area contributed by atoms with E-state index in [9.17, 15) is 4.39 Å². The van der Waals surface area contributed by atoms with Crippen LogP contribution in [0.5, 0.6) is 6.01 Å². The molecule has 0 fully saturated rings. The summed E-state index contributed by atoms with van der Waals surface area (Å²) < 4.78 is 19.1. The van der Waals surface area contributed by atoms with Crippen molar-refractivity contribution in [1.82, 2.24) is 15.0 Å². The Balaban J connectivity index is 2.20. The smallest absolute Gasteiger partial charge is 0.322 e. The molecular weight excluding hydrogens is 295 g/mol. The van der Waals surface area contributed by atoms with Gasteiger partial charge in [0.15, 0.2) is 0 Å². The summed E-state index contributed by atoms with van der Waals surface area (Å²) in [6.07, 6.45) is -0.0757. The Hall–Kier alpha value is -1.95. The van der Waals surface area contributed by atoms with E-state index in [0.717, 1.165) is 0 Å². The fourth-order valence-corrected chi connectivity index (χ4v) is 1.86. The van der Waals surface area contributed by atoms with Crippen molar-refractivity contribution in [2.24, 2.45) is 0 Å². The second-order valence-electron chi connectivity index (χ2n) is 4.80. The van der Waals surface area contributed by atoms with Crippen LogP contribution in [0.2, 0.25) is 5.28 Å². The first-order valence-corrected chi connectivity index (χ1v) is 6.86. The average Bonchev–Trinajstić information content (AvgIpc) is 2.40. The summed E-state index contributed by atoms with van der Waals surface area (Å²) in [5.41, 5.74) is 0.544. The SMILES string of the molecule is CC(C)Oc1nc(Cl)nc(N(C)Cc2ccccc2F)n1. The Kier molecular flexibility index (Phi) is 4.90. The van der Waals surface area contributed by atoms with E-state index in [2.05, 4.69) is 15.0 Å². The lowest BCUT2D eigenvalue weighted by Gasteiger charge is -2.18. The summed E-state index contributed by atoms with van der Waals surface area (Å²) in [4.78, 5) is 13.8. The van der Waals surface area contributed by atoms with Gasteiger partial charge in [-0.2, -0.15) is 15.0 Å². The highest BCUT2D eigenvalue weighted by Gasteiger charge is 2.13. The quantitative estimate of drug-likeness (QED) is 0.849. The van der Waals surface area contributed by atoms with Crippen LogP contribution in [0.25, 0.3) is 0 Å². The minimum Gasteiger partial charge on any atom is -0.461 e. The number of ether oxygens (including phenoxy) is 1. The first-order chi connectivity index (χ1) is 9.95. The van der Waals surface area contributed by atoms with E-state index in [1.165, 1.54) is 6.07 Å². The molecule has 1 heterocycles. The van der Waals surface area contributed by atoms with Gasteiger partial charge in [-0.05, 0) is 31.5 Å². The zero-order valence-electron chi connectivity index (χ0n) is 12.0. The first-order valence-electron chi connectivity index (χ1n) is 6.48. The van der Waals surface area contributed by atoms with Crippen molar-refractivity contribution in [1.29, 1.82) is 0 Å². The fraction of sp³-hybridized carbons (Fsp3) is 0.357. The van der Waals surface area contributed by atoms with Crippen LogP contribution in [0.1, 0.15) is 19.4 Å². The summed E-state index contributed by atoms with van der Waals surface area (Å²) in [6.45, 7) is 4.04. The molecule has 21 heavy (non-hydrogen) atoms. The molecule has 0 unspecified atom stereocenters. The molecule has 0 amide bonds. The number of hydrogen-bond donors (Lipinski definition) is 0. The van der Waals surface area contributed by atoms with Crippen molar-refractivity contribution in [3.8, 4) is 6.01 Å². The van der Waals surface area contributed by atoms with Crippen LogP contribution in [-0.4, -0.2) is 28.1 Å². The van der Waals surface area contributed by atoms with Crippen molar-refractivity contribution in [2.75, 3.05) is 11.9 Å². The van der Waals surface area contributed by atoms with Gasteiger partial charge in [0.25, 0.3) is 0 Å². The largest absolute Gasteiger partial charge is 0.461 e. The predicted molar refractivity (Wildman–Crippen MR) is 79.1 cm³/mol. The lowest BCUT2D eigenvalue weighted by molar-refractivity contribution is 0.221. The summed E-state index contributed by atoms with van der Waals surface area (Å²) in [6, 6.07) is 6.70. The number of benzene rings is 1.